The first-order valence-corrected chi connectivity index (χ1v) is 60.9. The Morgan fingerprint density at radius 1 is 0.347 bits per heavy atom. The lowest BCUT2D eigenvalue weighted by Crippen LogP contribution is -2.43. The van der Waals surface area contributed by atoms with Gasteiger partial charge in [-0.1, -0.05) is 189 Å². The molecule has 0 radical (unpaired) electrons. The van der Waals surface area contributed by atoms with E-state index < -0.39 is 30.1 Å². The van der Waals surface area contributed by atoms with E-state index in [1.165, 1.54) is 125 Å². The smallest absolute Gasteiger partial charge is 0.314 e. The average Bonchev–Trinajstić information content (AvgIpc) is 1.36. The summed E-state index contributed by atoms with van der Waals surface area (Å²) in [6, 6.07) is 42.1. The van der Waals surface area contributed by atoms with Gasteiger partial charge in [0.2, 0.25) is 41.9 Å². The summed E-state index contributed by atoms with van der Waals surface area (Å²) in [5.74, 6) is 4.83. The summed E-state index contributed by atoms with van der Waals surface area (Å²) in [6.07, 6.45) is 23.5. The van der Waals surface area contributed by atoms with Gasteiger partial charge in [0.25, 0.3) is 0 Å². The molecule has 6 aromatic carbocycles. The molecule has 147 heavy (non-hydrogen) atoms. The highest BCUT2D eigenvalue weighted by Gasteiger charge is 2.34. The Kier molecular flexibility index (Phi) is 48.8. The zero-order valence-electron chi connectivity index (χ0n) is 95.7. The van der Waals surface area contributed by atoms with Crippen molar-refractivity contribution >= 4 is 82.0 Å². The number of urea groups is 1. The van der Waals surface area contributed by atoms with Crippen LogP contribution in [0.5, 0.6) is 0 Å². The fourth-order valence-electron chi connectivity index (χ4n) is 21.4. The number of hydrogen-bond acceptors (Lipinski definition) is 19. The monoisotopic (exact) mass is 2090 g/mol. The summed E-state index contributed by atoms with van der Waals surface area (Å²) < 4.78 is 81.6. The van der Waals surface area contributed by atoms with Gasteiger partial charge in [-0.05, 0) is 310 Å². The van der Waals surface area contributed by atoms with Crippen LogP contribution in [0.15, 0.2) is 109 Å². The number of benzene rings is 6. The van der Waals surface area contributed by atoms with Gasteiger partial charge in [-0.15, -0.1) is 0 Å². The van der Waals surface area contributed by atoms with Crippen molar-refractivity contribution in [2.45, 2.75) is 329 Å². The van der Waals surface area contributed by atoms with Crippen LogP contribution in [0.4, 0.5) is 38.9 Å². The summed E-state index contributed by atoms with van der Waals surface area (Å²) in [6.45, 7) is 47.8. The molecule has 0 spiro atoms. The van der Waals surface area contributed by atoms with Crippen LogP contribution in [0.25, 0.3) is 0 Å². The summed E-state index contributed by atoms with van der Waals surface area (Å²) in [5, 5.41) is 8.52. The van der Waals surface area contributed by atoms with E-state index in [0.29, 0.717) is 98.8 Å². The minimum absolute atomic E-state index is 0.0252. The van der Waals surface area contributed by atoms with E-state index in [9.17, 15) is 39.6 Å². The van der Waals surface area contributed by atoms with E-state index in [1.54, 1.807) is 23.2 Å². The predicted molar refractivity (Wildman–Crippen MR) is 619 cm³/mol. The number of rotatable bonds is 34. The maximum Gasteiger partial charge on any atom is 0.314 e. The zero-order chi connectivity index (χ0) is 108. The molecule has 14 rings (SSSR count). The number of amides is 4. The summed E-state index contributed by atoms with van der Waals surface area (Å²) in [5.41, 5.74) is 21.4. The third-order valence-electron chi connectivity index (χ3n) is 32.0. The molecule has 1 aliphatic carbocycles. The van der Waals surface area contributed by atoms with Crippen molar-refractivity contribution in [3.8, 4) is 0 Å². The topological polar surface area (TPSA) is 253 Å². The summed E-state index contributed by atoms with van der Waals surface area (Å²) in [7, 11) is 12.8. The molecule has 7 heterocycles. The molecule has 0 bridgehead atoms. The number of likely N-dealkylation sites (N-methyl/N-ethyl adjacent to an activating group) is 1. The zero-order valence-corrected chi connectivity index (χ0v) is 98.2. The molecule has 26 nitrogen and oxygen atoms in total. The van der Waals surface area contributed by atoms with Crippen LogP contribution in [0.3, 0.4) is 0 Å². The molecule has 1 saturated carbocycles. The van der Waals surface area contributed by atoms with E-state index in [2.05, 4.69) is 337 Å². The molecule has 0 unspecified atom stereocenters. The van der Waals surface area contributed by atoms with Crippen LogP contribution in [-0.4, -0.2) is 278 Å². The number of piperidine rings is 6. The third-order valence-corrected chi connectivity index (χ3v) is 35.9. The Balaban J connectivity index is 0.000000196. The number of carbonyl (C=O) groups excluding carboxylic acids is 3. The van der Waals surface area contributed by atoms with E-state index >= 15 is 0 Å². The Labute approximate surface area is 891 Å². The molecule has 824 valence electrons. The van der Waals surface area contributed by atoms with Crippen molar-refractivity contribution in [3.05, 3.63) is 176 Å². The minimum atomic E-state index is -3.31. The molecule has 6 aromatic rings. The van der Waals surface area contributed by atoms with Crippen molar-refractivity contribution in [2.75, 3.05) is 205 Å². The number of carbonyl (C=O) groups is 3. The second-order valence-electron chi connectivity index (χ2n) is 45.9. The van der Waals surface area contributed by atoms with E-state index in [-0.39, 0.29) is 35.4 Å². The quantitative estimate of drug-likeness (QED) is 0.0252. The van der Waals surface area contributed by atoms with Gasteiger partial charge in [0.05, 0.1) is 24.2 Å². The first-order valence-electron chi connectivity index (χ1n) is 55.8. The lowest BCUT2D eigenvalue weighted by molar-refractivity contribution is -0.128. The van der Waals surface area contributed by atoms with E-state index in [1.807, 2.05) is 14.1 Å². The van der Waals surface area contributed by atoms with Crippen molar-refractivity contribution < 1.29 is 39.6 Å². The van der Waals surface area contributed by atoms with Gasteiger partial charge in [0, 0.05) is 204 Å². The second kappa shape index (κ2) is 58.7. The molecule has 0 aromatic heterocycles. The van der Waals surface area contributed by atoms with Gasteiger partial charge in [-0.3, -0.25) is 9.59 Å². The molecule has 7 aliphatic heterocycles. The highest BCUT2D eigenvalue weighted by molar-refractivity contribution is 7.89. The number of anilines is 6. The van der Waals surface area contributed by atoms with Crippen LogP contribution < -0.4 is 54.8 Å². The molecule has 8 fully saturated rings. The molecular weight excluding hydrogens is 1900 g/mol. The number of nitrogens with one attached hydrogen (secondary N) is 5. The second-order valence-corrected chi connectivity index (χ2v) is 51.5. The lowest BCUT2D eigenvalue weighted by Gasteiger charge is -2.37. The van der Waals surface area contributed by atoms with Gasteiger partial charge in [-0.25, -0.2) is 43.8 Å². The number of nitrogens with zero attached hydrogens (tertiary/aromatic N) is 12. The number of sulfonamides is 3. The lowest BCUT2D eigenvalue weighted by atomic mass is 9.92. The van der Waals surface area contributed by atoms with Crippen LogP contribution in [0, 0.1) is 11.8 Å². The van der Waals surface area contributed by atoms with E-state index in [0.717, 1.165) is 195 Å². The van der Waals surface area contributed by atoms with Crippen molar-refractivity contribution in [3.63, 3.8) is 0 Å². The fraction of sp³-hybridized carbons (Fsp3) is 0.669. The minimum Gasteiger partial charge on any atom is -0.371 e. The Morgan fingerprint density at radius 2 is 0.619 bits per heavy atom. The standard InChI is InChI=1S/2C21H35N3O2S.C20H32N2O.2C19H31N3O.C18H31N3O2S/c1-17(2)18-7-8-21(23-13-9-20(10-14-23)22(3)4)19(15-18)16-27(25,26)24-11-5-6-12-24;1-16(2)17-8-9-21(24-12-10-20(11-13-24)23(3)4)18(14-17)15-27(25,26)22-19-6-5-7-19;1-6-16-9-11-22(12-10-16)19-8-7-17(15(2)3)13-18(19)14-20(23)21(4)5;1-14(2)16-6-7-19(17(12-16)13-20-15(3)23)22-10-8-18(9-11-22)21(4)5;1-5-15-8-10-22(11-9-15)18-7-6-16(14(2)3)12-17(18)13-21-19(23)20-4;1-14(2)15-6-7-18(16(12-15)13-19-24(5,22)23)21-10-8-17(9-11-21)20(3)4/h7-8,15,17,20H,5-6,9-14,16H2,1-4H3;8-9,14,16,19-20,22H,5-7,10-13,15H2,1-4H3;7-8,13,15-16H,6,9-12,14H2,1-5H3;6-7,12,14,18H,8-11,13H2,1-5H3,(H,20,23);6-7,12,14-15H,5,8-11,13H2,1-4H3,(H2,20,21,23);6-7,12,14,17,19H,8-11,13H2,1-5H3. The molecule has 4 amide bonds. The largest absolute Gasteiger partial charge is 0.371 e. The van der Waals surface area contributed by atoms with Crippen molar-refractivity contribution in [1.29, 1.82) is 0 Å². The molecule has 7 saturated heterocycles. The molecule has 5 N–H and O–H groups in total. The van der Waals surface area contributed by atoms with E-state index in [4.69, 9.17) is 0 Å². The fourth-order valence-corrected chi connectivity index (χ4v) is 24.9. The highest BCUT2D eigenvalue weighted by atomic mass is 32.2. The summed E-state index contributed by atoms with van der Waals surface area (Å²) >= 11 is 0. The van der Waals surface area contributed by atoms with Crippen LogP contribution in [0.1, 0.15) is 328 Å². The Morgan fingerprint density at radius 3 is 0.884 bits per heavy atom. The Bertz CT molecular complexity index is 5400. The first-order chi connectivity index (χ1) is 69.5. The highest BCUT2D eigenvalue weighted by Crippen LogP contribution is 2.39. The maximum absolute atomic E-state index is 13.0. The van der Waals surface area contributed by atoms with Gasteiger partial charge in [0.1, 0.15) is 0 Å². The van der Waals surface area contributed by atoms with Gasteiger partial charge >= 0.3 is 6.03 Å². The molecular formula is C118H195N17O9S3. The third kappa shape index (κ3) is 38.3. The normalized spacial score (nSPS) is 17.6. The molecule has 29 heteroatoms. The van der Waals surface area contributed by atoms with Crippen LogP contribution in [0.2, 0.25) is 0 Å². The Hall–Kier alpha value is -8.10. The van der Waals surface area contributed by atoms with Gasteiger partial charge < -0.3 is 69.8 Å². The molecule has 0 atom stereocenters. The summed E-state index contributed by atoms with van der Waals surface area (Å²) in [4.78, 5) is 60.6. The SMILES string of the molecule is CC(=O)NCc1cc(C(C)C)ccc1N1CCC(N(C)C)CC1.CC(C)c1ccc(N2CCC(N(C)C)CC2)c(CNS(C)(=O)=O)c1.CC(C)c1ccc(N2CCC(N(C)C)CC2)c(CS(=O)(=O)N2CCCC2)c1.CC(C)c1ccc(N2CCC(N(C)C)CC2)c(CS(=O)(=O)NC2CCC2)c1.CCC1CCN(c2ccc(C(C)C)cc2CC(=O)N(C)C)CC1.CCC1CCN(c2ccc(C(C)C)cc2CNC(=O)NC)CC1. The van der Waals surface area contributed by atoms with Crippen molar-refractivity contribution in [1.82, 2.24) is 54.2 Å². The number of hydrogen-bond donors (Lipinski definition) is 5. The van der Waals surface area contributed by atoms with Crippen LogP contribution in [-0.2, 0) is 77.2 Å². The van der Waals surface area contributed by atoms with Gasteiger partial charge in [-0.2, -0.15) is 0 Å². The average molecular weight is 2090 g/mol. The van der Waals surface area contributed by atoms with Crippen LogP contribution >= 0.6 is 0 Å². The predicted octanol–water partition coefficient (Wildman–Crippen LogP) is 19.9. The maximum atomic E-state index is 13.0. The molecule has 8 aliphatic rings. The van der Waals surface area contributed by atoms with Gasteiger partial charge in [0.15, 0.2) is 0 Å². The van der Waals surface area contributed by atoms with Crippen molar-refractivity contribution in [2.24, 2.45) is 11.8 Å². The first kappa shape index (κ1) is 122.